The van der Waals surface area contributed by atoms with Gasteiger partial charge in [-0.2, -0.15) is 0 Å². The van der Waals surface area contributed by atoms with E-state index in [2.05, 4.69) is 10.6 Å². The summed E-state index contributed by atoms with van der Waals surface area (Å²) >= 11 is 0. The number of piperazine rings is 1. The Morgan fingerprint density at radius 2 is 1.83 bits per heavy atom. The molecule has 5 amide bonds. The van der Waals surface area contributed by atoms with E-state index < -0.39 is 95.3 Å². The number of halogens is 2. The summed E-state index contributed by atoms with van der Waals surface area (Å²) in [6.45, 7) is 3.05. The van der Waals surface area contributed by atoms with Crippen LogP contribution in [0.2, 0.25) is 0 Å². The minimum Gasteiger partial charge on any atom is -0.534 e. The minimum atomic E-state index is -1.99. The SMILES string of the molecule is CCN1CCN(C(=O)NC(C(=O)N[C@H]2Cc3c(F)cc(F)c(C(=O)O)c3OB2O)c2ccc(O)c(O)c2C)C(=O)C1=O. The molecule has 14 nitrogen and oxygen atoms in total. The zero-order chi connectivity index (χ0) is 31.0. The van der Waals surface area contributed by atoms with Crippen LogP contribution < -0.4 is 15.3 Å². The smallest absolute Gasteiger partial charge is 0.534 e. The van der Waals surface area contributed by atoms with Crippen molar-refractivity contribution in [2.45, 2.75) is 32.3 Å². The summed E-state index contributed by atoms with van der Waals surface area (Å²) in [5.41, 5.74) is -1.57. The first-order valence-corrected chi connectivity index (χ1v) is 12.6. The van der Waals surface area contributed by atoms with Crippen molar-refractivity contribution in [2.75, 3.05) is 19.6 Å². The van der Waals surface area contributed by atoms with Crippen molar-refractivity contribution in [1.82, 2.24) is 20.4 Å². The number of carbonyl (C=O) groups is 5. The van der Waals surface area contributed by atoms with Crippen LogP contribution in [0.15, 0.2) is 18.2 Å². The van der Waals surface area contributed by atoms with Crippen LogP contribution in [0.3, 0.4) is 0 Å². The van der Waals surface area contributed by atoms with Gasteiger partial charge in [0.1, 0.15) is 29.0 Å². The first kappa shape index (κ1) is 30.0. The average Bonchev–Trinajstić information content (AvgIpc) is 2.92. The monoisotopic (exact) mass is 590 g/mol. The van der Waals surface area contributed by atoms with Gasteiger partial charge in [0, 0.05) is 36.8 Å². The number of benzene rings is 2. The van der Waals surface area contributed by atoms with Crippen molar-refractivity contribution in [3.05, 3.63) is 52.1 Å². The summed E-state index contributed by atoms with van der Waals surface area (Å²) in [6.07, 6.45) is -0.554. The van der Waals surface area contributed by atoms with Crippen LogP contribution in [0.5, 0.6) is 17.2 Å². The molecule has 1 saturated heterocycles. The molecule has 1 unspecified atom stereocenters. The van der Waals surface area contributed by atoms with Crippen molar-refractivity contribution in [3.63, 3.8) is 0 Å². The predicted octanol–water partition coefficient (Wildman–Crippen LogP) is -0.0364. The van der Waals surface area contributed by atoms with E-state index in [1.807, 2.05) is 0 Å². The van der Waals surface area contributed by atoms with Crippen molar-refractivity contribution in [3.8, 4) is 17.2 Å². The Morgan fingerprint density at radius 3 is 2.48 bits per heavy atom. The molecule has 6 N–H and O–H groups in total. The maximum absolute atomic E-state index is 14.6. The number of phenols is 2. The van der Waals surface area contributed by atoms with Crippen LogP contribution in [-0.4, -0.2) is 92.6 Å². The van der Waals surface area contributed by atoms with Crippen LogP contribution in [0.4, 0.5) is 13.6 Å². The fourth-order valence-corrected chi connectivity index (χ4v) is 4.74. The zero-order valence-corrected chi connectivity index (χ0v) is 22.2. The molecule has 42 heavy (non-hydrogen) atoms. The molecule has 0 saturated carbocycles. The summed E-state index contributed by atoms with van der Waals surface area (Å²) in [4.78, 5) is 64.8. The van der Waals surface area contributed by atoms with Gasteiger partial charge in [0.05, 0.1) is 5.94 Å². The standard InChI is InChI=1S/C25H25BF2N4O10/c1-3-31-6-7-32(23(37)22(31)36)25(40)30-18(11-4-5-15(33)19(34)10(11)2)21(35)29-16-8-12-13(27)9-14(28)17(24(38)39)20(12)42-26(16)41/h4-5,9,16,18,33-34,41H,3,6-8H2,1-2H3,(H,29,35)(H,30,40)(H,38,39)/t16-,18?/m0/s1. The second-order valence-electron chi connectivity index (χ2n) is 9.53. The number of urea groups is 1. The van der Waals surface area contributed by atoms with Gasteiger partial charge >= 0.3 is 30.9 Å². The van der Waals surface area contributed by atoms with Crippen molar-refractivity contribution in [1.29, 1.82) is 0 Å². The molecular formula is C25H25BF2N4O10. The van der Waals surface area contributed by atoms with Crippen LogP contribution in [-0.2, 0) is 20.8 Å². The largest absolute Gasteiger partial charge is 0.547 e. The van der Waals surface area contributed by atoms with Gasteiger partial charge in [-0.15, -0.1) is 0 Å². The molecule has 0 bridgehead atoms. The van der Waals surface area contributed by atoms with Gasteiger partial charge in [-0.05, 0) is 31.9 Å². The number of aromatic hydroxyl groups is 2. The van der Waals surface area contributed by atoms with Gasteiger partial charge in [-0.1, -0.05) is 6.07 Å². The van der Waals surface area contributed by atoms with E-state index >= 15 is 0 Å². The molecule has 2 aliphatic rings. The van der Waals surface area contributed by atoms with Gasteiger partial charge in [0.25, 0.3) is 0 Å². The fourth-order valence-electron chi connectivity index (χ4n) is 4.74. The highest BCUT2D eigenvalue weighted by molar-refractivity contribution is 6.47. The van der Waals surface area contributed by atoms with E-state index in [1.165, 1.54) is 17.9 Å². The molecule has 2 atom stereocenters. The van der Waals surface area contributed by atoms with Crippen LogP contribution in [0.1, 0.15) is 40.0 Å². The number of carboxylic acids is 1. The molecule has 2 aromatic rings. The highest BCUT2D eigenvalue weighted by Crippen LogP contribution is 2.36. The van der Waals surface area contributed by atoms with Crippen molar-refractivity contribution < 1.29 is 57.8 Å². The van der Waals surface area contributed by atoms with E-state index in [1.54, 1.807) is 6.92 Å². The maximum atomic E-state index is 14.6. The number of carbonyl (C=O) groups excluding carboxylic acids is 4. The molecule has 0 spiro atoms. The summed E-state index contributed by atoms with van der Waals surface area (Å²) in [5, 5.41) is 44.6. The molecule has 0 aliphatic carbocycles. The third-order valence-corrected chi connectivity index (χ3v) is 7.06. The number of likely N-dealkylation sites (N-methyl/N-ethyl adjacent to an activating group) is 1. The highest BCUT2D eigenvalue weighted by Gasteiger charge is 2.43. The number of aromatic carboxylic acids is 1. The van der Waals surface area contributed by atoms with E-state index in [0.717, 1.165) is 6.07 Å². The summed E-state index contributed by atoms with van der Waals surface area (Å²) in [5.74, 6) is -10.9. The lowest BCUT2D eigenvalue weighted by atomic mass is 9.72. The van der Waals surface area contributed by atoms with Crippen LogP contribution >= 0.6 is 0 Å². The summed E-state index contributed by atoms with van der Waals surface area (Å²) < 4.78 is 33.8. The number of imide groups is 1. The van der Waals surface area contributed by atoms with E-state index in [0.29, 0.717) is 11.0 Å². The minimum absolute atomic E-state index is 0.0416. The topological polar surface area (TPSA) is 206 Å². The van der Waals surface area contributed by atoms with Crippen LogP contribution in [0, 0.1) is 18.6 Å². The number of nitrogens with one attached hydrogen (secondary N) is 2. The number of carboxylic acid groups (broad SMARTS) is 1. The lowest BCUT2D eigenvalue weighted by Gasteiger charge is -2.33. The average molecular weight is 590 g/mol. The lowest BCUT2D eigenvalue weighted by molar-refractivity contribution is -0.153. The number of nitrogens with zero attached hydrogens (tertiary/aromatic N) is 2. The van der Waals surface area contributed by atoms with Crippen molar-refractivity contribution >= 4 is 36.8 Å². The summed E-state index contributed by atoms with van der Waals surface area (Å²) in [7, 11) is -1.99. The van der Waals surface area contributed by atoms with E-state index in [4.69, 9.17) is 4.65 Å². The quantitative estimate of drug-likeness (QED) is 0.150. The second kappa shape index (κ2) is 11.5. The molecule has 17 heteroatoms. The van der Waals surface area contributed by atoms with Gasteiger partial charge in [-0.3, -0.25) is 19.3 Å². The molecule has 2 aromatic carbocycles. The number of fused-ring (bicyclic) bond motifs is 1. The second-order valence-corrected chi connectivity index (χ2v) is 9.53. The van der Waals surface area contributed by atoms with Gasteiger partial charge in [0.15, 0.2) is 11.5 Å². The Balaban J connectivity index is 1.64. The third-order valence-electron chi connectivity index (χ3n) is 7.06. The van der Waals surface area contributed by atoms with Gasteiger partial charge < -0.3 is 40.5 Å². The summed E-state index contributed by atoms with van der Waals surface area (Å²) in [6, 6.07) is -0.302. The number of hydrogen-bond donors (Lipinski definition) is 6. The molecule has 0 aromatic heterocycles. The molecule has 2 heterocycles. The third kappa shape index (κ3) is 5.37. The highest BCUT2D eigenvalue weighted by atomic mass is 19.1. The molecular weight excluding hydrogens is 565 g/mol. The normalized spacial score (nSPS) is 17.4. The Labute approximate surface area is 236 Å². The predicted molar refractivity (Wildman–Crippen MR) is 137 cm³/mol. The first-order valence-electron chi connectivity index (χ1n) is 12.6. The maximum Gasteiger partial charge on any atom is 0.547 e. The number of amides is 5. The number of hydrogen-bond acceptors (Lipinski definition) is 9. The Bertz CT molecular complexity index is 1510. The van der Waals surface area contributed by atoms with Crippen molar-refractivity contribution in [2.24, 2.45) is 0 Å². The molecule has 4 rings (SSSR count). The number of phenolic OH excluding ortho intramolecular Hbond substituents is 2. The van der Waals surface area contributed by atoms with E-state index in [9.17, 15) is 53.1 Å². The molecule has 2 aliphatic heterocycles. The van der Waals surface area contributed by atoms with Crippen LogP contribution in [0.25, 0.3) is 0 Å². The Kier molecular flexibility index (Phi) is 8.24. The zero-order valence-electron chi connectivity index (χ0n) is 22.2. The first-order chi connectivity index (χ1) is 19.8. The lowest BCUT2D eigenvalue weighted by Crippen LogP contribution is -2.60. The van der Waals surface area contributed by atoms with E-state index in [-0.39, 0.29) is 30.8 Å². The van der Waals surface area contributed by atoms with Gasteiger partial charge in [-0.25, -0.2) is 18.4 Å². The Hall–Kier alpha value is -4.93. The Morgan fingerprint density at radius 1 is 1.14 bits per heavy atom. The molecule has 0 radical (unpaired) electrons. The number of rotatable bonds is 6. The van der Waals surface area contributed by atoms with Gasteiger partial charge in [0.2, 0.25) is 5.91 Å². The molecule has 222 valence electrons. The fraction of sp³-hybridized carbons (Fsp3) is 0.320. The molecule has 1 fully saturated rings.